The van der Waals surface area contributed by atoms with Crippen molar-refractivity contribution in [3.05, 3.63) is 53.6 Å². The van der Waals surface area contributed by atoms with Crippen molar-refractivity contribution in [1.29, 1.82) is 0 Å². The Balaban J connectivity index is 2.41. The van der Waals surface area contributed by atoms with Crippen LogP contribution in [0.25, 0.3) is 0 Å². The zero-order valence-electron chi connectivity index (χ0n) is 12.1. The van der Waals surface area contributed by atoms with Crippen LogP contribution < -0.4 is 11.1 Å². The van der Waals surface area contributed by atoms with Gasteiger partial charge in [0.15, 0.2) is 0 Å². The Morgan fingerprint density at radius 1 is 0.947 bits per heavy atom. The van der Waals surface area contributed by atoms with Gasteiger partial charge >= 0.3 is 0 Å². The Hall–Kier alpha value is -1.96. The largest absolute Gasteiger partial charge is 0.399 e. The molecule has 0 amide bonds. The first kappa shape index (κ1) is 13.5. The lowest BCUT2D eigenvalue weighted by atomic mass is 9.85. The fourth-order valence-corrected chi connectivity index (χ4v) is 2.17. The molecule has 0 aromatic heterocycles. The van der Waals surface area contributed by atoms with Gasteiger partial charge in [-0.1, -0.05) is 45.0 Å². The first-order valence-electron chi connectivity index (χ1n) is 6.60. The third kappa shape index (κ3) is 3.08. The molecule has 19 heavy (non-hydrogen) atoms. The number of hydrogen-bond acceptors (Lipinski definition) is 2. The Bertz CT molecular complexity index is 580. The molecule has 2 heteroatoms. The molecule has 0 bridgehead atoms. The maximum absolute atomic E-state index is 5.86. The summed E-state index contributed by atoms with van der Waals surface area (Å²) in [5.74, 6) is 0. The van der Waals surface area contributed by atoms with Gasteiger partial charge in [0.25, 0.3) is 0 Å². The minimum Gasteiger partial charge on any atom is -0.399 e. The zero-order valence-corrected chi connectivity index (χ0v) is 12.1. The van der Waals surface area contributed by atoms with Gasteiger partial charge in [0.05, 0.1) is 0 Å². The van der Waals surface area contributed by atoms with Crippen LogP contribution in [0.4, 0.5) is 17.1 Å². The Morgan fingerprint density at radius 3 is 2.32 bits per heavy atom. The molecule has 0 aliphatic heterocycles. The van der Waals surface area contributed by atoms with Crippen LogP contribution in [0.3, 0.4) is 0 Å². The van der Waals surface area contributed by atoms with E-state index < -0.39 is 0 Å². The van der Waals surface area contributed by atoms with Crippen molar-refractivity contribution in [2.75, 3.05) is 11.1 Å². The van der Waals surface area contributed by atoms with Gasteiger partial charge in [0.1, 0.15) is 0 Å². The van der Waals surface area contributed by atoms with Crippen LogP contribution >= 0.6 is 0 Å². The molecule has 0 atom stereocenters. The number of nitrogens with one attached hydrogen (secondary N) is 1. The smallest absolute Gasteiger partial charge is 0.0434 e. The van der Waals surface area contributed by atoms with Gasteiger partial charge < -0.3 is 11.1 Å². The van der Waals surface area contributed by atoms with Gasteiger partial charge in [-0.2, -0.15) is 0 Å². The number of nitrogens with two attached hydrogens (primary N) is 1. The molecule has 0 aliphatic rings. The van der Waals surface area contributed by atoms with Crippen molar-refractivity contribution in [3.8, 4) is 0 Å². The minimum absolute atomic E-state index is 0.109. The molecule has 0 saturated heterocycles. The topological polar surface area (TPSA) is 38.0 Å². The Kier molecular flexibility index (Phi) is 3.52. The minimum atomic E-state index is 0.109. The molecule has 0 fully saturated rings. The van der Waals surface area contributed by atoms with E-state index in [0.29, 0.717) is 0 Å². The average Bonchev–Trinajstić information content (AvgIpc) is 2.33. The molecule has 2 aromatic carbocycles. The van der Waals surface area contributed by atoms with Gasteiger partial charge in [-0.15, -0.1) is 0 Å². The molecule has 0 unspecified atom stereocenters. The standard InChI is InChI=1S/C17H22N2/c1-12-9-10-13(18)11-16(12)19-15-8-6-5-7-14(15)17(2,3)4/h5-11,19H,18H2,1-4H3. The quantitative estimate of drug-likeness (QED) is 0.767. The highest BCUT2D eigenvalue weighted by Crippen LogP contribution is 2.32. The molecule has 0 aliphatic carbocycles. The Morgan fingerprint density at radius 2 is 1.63 bits per heavy atom. The summed E-state index contributed by atoms with van der Waals surface area (Å²) in [5.41, 5.74) is 11.5. The normalized spacial score (nSPS) is 11.4. The van der Waals surface area contributed by atoms with Gasteiger partial charge in [0.2, 0.25) is 0 Å². The molecular formula is C17H22N2. The van der Waals surface area contributed by atoms with Crippen molar-refractivity contribution in [3.63, 3.8) is 0 Å². The predicted octanol–water partition coefficient (Wildman–Crippen LogP) is 4.62. The number of nitrogen functional groups attached to an aromatic ring is 1. The van der Waals surface area contributed by atoms with Crippen LogP contribution in [0, 0.1) is 6.92 Å². The molecular weight excluding hydrogens is 232 g/mol. The molecule has 0 radical (unpaired) electrons. The molecule has 0 heterocycles. The van der Waals surface area contributed by atoms with Crippen molar-refractivity contribution >= 4 is 17.1 Å². The van der Waals surface area contributed by atoms with Crippen LogP contribution in [0.5, 0.6) is 0 Å². The van der Waals surface area contributed by atoms with Crippen LogP contribution in [-0.2, 0) is 5.41 Å². The average molecular weight is 254 g/mol. The van der Waals surface area contributed by atoms with E-state index in [1.54, 1.807) is 0 Å². The molecule has 3 N–H and O–H groups in total. The predicted molar refractivity (Wildman–Crippen MR) is 84.0 cm³/mol. The second-order valence-electron chi connectivity index (χ2n) is 5.99. The summed E-state index contributed by atoms with van der Waals surface area (Å²) in [6.07, 6.45) is 0. The van der Waals surface area contributed by atoms with Gasteiger partial charge in [-0.05, 0) is 41.7 Å². The van der Waals surface area contributed by atoms with Gasteiger partial charge in [-0.3, -0.25) is 0 Å². The second-order valence-corrected chi connectivity index (χ2v) is 5.99. The summed E-state index contributed by atoms with van der Waals surface area (Å²) in [7, 11) is 0. The molecule has 0 spiro atoms. The summed E-state index contributed by atoms with van der Waals surface area (Å²) in [6.45, 7) is 8.75. The van der Waals surface area contributed by atoms with Crippen molar-refractivity contribution in [2.45, 2.75) is 33.1 Å². The number of hydrogen-bond donors (Lipinski definition) is 2. The van der Waals surface area contributed by atoms with E-state index in [2.05, 4.69) is 57.3 Å². The number of benzene rings is 2. The zero-order chi connectivity index (χ0) is 14.0. The highest BCUT2D eigenvalue weighted by atomic mass is 14.9. The molecule has 0 saturated carbocycles. The first-order valence-corrected chi connectivity index (χ1v) is 6.60. The molecule has 2 aromatic rings. The highest BCUT2D eigenvalue weighted by molar-refractivity contribution is 5.69. The fourth-order valence-electron chi connectivity index (χ4n) is 2.17. The number of rotatable bonds is 2. The van der Waals surface area contributed by atoms with Gasteiger partial charge in [-0.25, -0.2) is 0 Å². The van der Waals surface area contributed by atoms with Crippen molar-refractivity contribution in [1.82, 2.24) is 0 Å². The van der Waals surface area contributed by atoms with Crippen molar-refractivity contribution < 1.29 is 0 Å². The lowest BCUT2D eigenvalue weighted by molar-refractivity contribution is 0.592. The number of aryl methyl sites for hydroxylation is 1. The van der Waals surface area contributed by atoms with Gasteiger partial charge in [0, 0.05) is 17.1 Å². The SMILES string of the molecule is Cc1ccc(N)cc1Nc1ccccc1C(C)(C)C. The summed E-state index contributed by atoms with van der Waals surface area (Å²) >= 11 is 0. The maximum Gasteiger partial charge on any atom is 0.0434 e. The van der Waals surface area contributed by atoms with E-state index >= 15 is 0 Å². The lowest BCUT2D eigenvalue weighted by Crippen LogP contribution is -2.13. The monoisotopic (exact) mass is 254 g/mol. The second kappa shape index (κ2) is 4.96. The highest BCUT2D eigenvalue weighted by Gasteiger charge is 2.17. The van der Waals surface area contributed by atoms with E-state index in [0.717, 1.165) is 17.1 Å². The molecule has 2 rings (SSSR count). The van der Waals surface area contributed by atoms with E-state index in [1.807, 2.05) is 18.2 Å². The first-order chi connectivity index (χ1) is 8.88. The number of anilines is 3. The van der Waals surface area contributed by atoms with Crippen LogP contribution in [0.1, 0.15) is 31.9 Å². The van der Waals surface area contributed by atoms with Crippen LogP contribution in [-0.4, -0.2) is 0 Å². The molecule has 2 nitrogen and oxygen atoms in total. The summed E-state index contributed by atoms with van der Waals surface area (Å²) in [6, 6.07) is 14.4. The summed E-state index contributed by atoms with van der Waals surface area (Å²) < 4.78 is 0. The molecule has 100 valence electrons. The Labute approximate surface area is 115 Å². The fraction of sp³-hybridized carbons (Fsp3) is 0.294. The van der Waals surface area contributed by atoms with Crippen molar-refractivity contribution in [2.24, 2.45) is 0 Å². The van der Waals surface area contributed by atoms with E-state index in [-0.39, 0.29) is 5.41 Å². The maximum atomic E-state index is 5.86. The van der Waals surface area contributed by atoms with E-state index in [1.165, 1.54) is 11.1 Å². The lowest BCUT2D eigenvalue weighted by Gasteiger charge is -2.24. The third-order valence-electron chi connectivity index (χ3n) is 3.27. The van der Waals surface area contributed by atoms with Crippen LogP contribution in [0.2, 0.25) is 0 Å². The number of para-hydroxylation sites is 1. The van der Waals surface area contributed by atoms with E-state index in [9.17, 15) is 0 Å². The third-order valence-corrected chi connectivity index (χ3v) is 3.27. The summed E-state index contributed by atoms with van der Waals surface area (Å²) in [5, 5.41) is 3.51. The summed E-state index contributed by atoms with van der Waals surface area (Å²) in [4.78, 5) is 0. The van der Waals surface area contributed by atoms with E-state index in [4.69, 9.17) is 5.73 Å². The van der Waals surface area contributed by atoms with Crippen LogP contribution in [0.15, 0.2) is 42.5 Å².